The number of nitrogens with zero attached hydrogens (tertiary/aromatic N) is 2. The molecule has 0 aliphatic heterocycles. The summed E-state index contributed by atoms with van der Waals surface area (Å²) in [5.41, 5.74) is 0.412. The van der Waals surface area contributed by atoms with Crippen molar-refractivity contribution in [3.05, 3.63) is 11.5 Å². The van der Waals surface area contributed by atoms with E-state index in [1.165, 1.54) is 4.31 Å². The summed E-state index contributed by atoms with van der Waals surface area (Å²) in [4.78, 5) is 0.199. The van der Waals surface area contributed by atoms with Gasteiger partial charge in [0.05, 0.1) is 0 Å². The zero-order chi connectivity index (χ0) is 14.0. The lowest BCUT2D eigenvalue weighted by molar-refractivity contribution is 0.335. The Labute approximate surface area is 118 Å². The second-order valence-corrected chi connectivity index (χ2v) is 7.10. The first kappa shape index (κ1) is 14.8. The predicted molar refractivity (Wildman–Crippen MR) is 72.8 cm³/mol. The molecule has 1 aliphatic rings. The van der Waals surface area contributed by atoms with E-state index in [2.05, 4.69) is 5.16 Å². The number of aromatic nitrogens is 1. The summed E-state index contributed by atoms with van der Waals surface area (Å²) in [6.07, 6.45) is 3.94. The van der Waals surface area contributed by atoms with Gasteiger partial charge >= 0.3 is 0 Å². The minimum Gasteiger partial charge on any atom is -0.360 e. The highest BCUT2D eigenvalue weighted by molar-refractivity contribution is 7.89. The van der Waals surface area contributed by atoms with Crippen LogP contribution in [0.1, 0.15) is 37.1 Å². The van der Waals surface area contributed by atoms with Crippen LogP contribution >= 0.6 is 11.6 Å². The fraction of sp³-hybridized carbons (Fsp3) is 0.750. The van der Waals surface area contributed by atoms with Crippen LogP contribution in [0, 0.1) is 13.8 Å². The van der Waals surface area contributed by atoms with Gasteiger partial charge in [-0.2, -0.15) is 4.31 Å². The van der Waals surface area contributed by atoms with Gasteiger partial charge in [0.1, 0.15) is 10.6 Å². The van der Waals surface area contributed by atoms with E-state index in [1.54, 1.807) is 13.8 Å². The van der Waals surface area contributed by atoms with Gasteiger partial charge in [-0.15, -0.1) is 11.6 Å². The summed E-state index contributed by atoms with van der Waals surface area (Å²) >= 11 is 5.78. The van der Waals surface area contributed by atoms with Crippen LogP contribution in [0.2, 0.25) is 0 Å². The number of aryl methyl sites for hydroxylation is 2. The summed E-state index contributed by atoms with van der Waals surface area (Å²) in [5, 5.41) is 3.74. The van der Waals surface area contributed by atoms with Crippen molar-refractivity contribution in [2.45, 2.75) is 50.5 Å². The fourth-order valence-corrected chi connectivity index (χ4v) is 5.00. The Kier molecular flexibility index (Phi) is 4.53. The second kappa shape index (κ2) is 5.81. The molecular formula is C12H19ClN2O3S. The first-order chi connectivity index (χ1) is 8.98. The molecule has 0 aromatic carbocycles. The molecule has 1 aliphatic carbocycles. The number of halogens is 1. The Morgan fingerprint density at radius 3 is 2.47 bits per heavy atom. The van der Waals surface area contributed by atoms with E-state index >= 15 is 0 Å². The zero-order valence-corrected chi connectivity index (χ0v) is 12.8. The van der Waals surface area contributed by atoms with Gasteiger partial charge in [0.15, 0.2) is 5.76 Å². The molecule has 19 heavy (non-hydrogen) atoms. The predicted octanol–water partition coefficient (Wildman–Crippen LogP) is 2.46. The molecule has 0 amide bonds. The van der Waals surface area contributed by atoms with Crippen molar-refractivity contribution in [3.63, 3.8) is 0 Å². The van der Waals surface area contributed by atoms with E-state index in [-0.39, 0.29) is 10.9 Å². The lowest BCUT2D eigenvalue weighted by Crippen LogP contribution is -2.40. The minimum absolute atomic E-state index is 0.0532. The Morgan fingerprint density at radius 1 is 1.37 bits per heavy atom. The van der Waals surface area contributed by atoms with Crippen LogP contribution in [-0.4, -0.2) is 36.3 Å². The highest BCUT2D eigenvalue weighted by Crippen LogP contribution is 2.31. The van der Waals surface area contributed by atoms with Crippen molar-refractivity contribution < 1.29 is 12.9 Å². The summed E-state index contributed by atoms with van der Waals surface area (Å²) < 4.78 is 32.1. The largest absolute Gasteiger partial charge is 0.360 e. The maximum absolute atomic E-state index is 12.8. The fourth-order valence-electron chi connectivity index (χ4n) is 2.73. The molecule has 0 spiro atoms. The van der Waals surface area contributed by atoms with Crippen LogP contribution in [0.3, 0.4) is 0 Å². The van der Waals surface area contributed by atoms with E-state index in [4.69, 9.17) is 16.1 Å². The lowest BCUT2D eigenvalue weighted by Gasteiger charge is -2.27. The SMILES string of the molecule is Cc1noc(C)c1S(=O)(=O)N(CCCl)C1CCCC1. The van der Waals surface area contributed by atoms with Crippen LogP contribution in [-0.2, 0) is 10.0 Å². The van der Waals surface area contributed by atoms with Crippen molar-refractivity contribution >= 4 is 21.6 Å². The molecule has 5 nitrogen and oxygen atoms in total. The molecule has 0 unspecified atom stereocenters. The number of hydrogen-bond acceptors (Lipinski definition) is 4. The minimum atomic E-state index is -3.57. The monoisotopic (exact) mass is 306 g/mol. The second-order valence-electron chi connectivity index (χ2n) is 4.90. The Balaban J connectivity index is 2.39. The highest BCUT2D eigenvalue weighted by atomic mass is 35.5. The number of alkyl halides is 1. The van der Waals surface area contributed by atoms with Gasteiger partial charge in [-0.25, -0.2) is 8.42 Å². The van der Waals surface area contributed by atoms with Gasteiger partial charge < -0.3 is 4.52 Å². The molecule has 0 atom stereocenters. The number of rotatable bonds is 5. The van der Waals surface area contributed by atoms with Crippen LogP contribution in [0.5, 0.6) is 0 Å². The number of hydrogen-bond donors (Lipinski definition) is 0. The van der Waals surface area contributed by atoms with Crippen molar-refractivity contribution in [3.8, 4) is 0 Å². The standard InChI is InChI=1S/C12H19ClN2O3S/c1-9-12(10(2)18-14-9)19(16,17)15(8-7-13)11-5-3-4-6-11/h11H,3-8H2,1-2H3. The smallest absolute Gasteiger partial charge is 0.248 e. The zero-order valence-electron chi connectivity index (χ0n) is 11.2. The van der Waals surface area contributed by atoms with Crippen molar-refractivity contribution in [1.82, 2.24) is 9.46 Å². The van der Waals surface area contributed by atoms with Crippen LogP contribution in [0.25, 0.3) is 0 Å². The summed E-state index contributed by atoms with van der Waals surface area (Å²) in [7, 11) is -3.57. The topological polar surface area (TPSA) is 63.4 Å². The maximum atomic E-state index is 12.8. The summed E-state index contributed by atoms with van der Waals surface area (Å²) in [6, 6.07) is 0.0532. The van der Waals surface area contributed by atoms with Crippen LogP contribution in [0.4, 0.5) is 0 Å². The molecule has 1 heterocycles. The summed E-state index contributed by atoms with van der Waals surface area (Å²) in [5.74, 6) is 0.633. The third-order valence-corrected chi connectivity index (χ3v) is 5.94. The van der Waals surface area contributed by atoms with Crippen molar-refractivity contribution in [2.24, 2.45) is 0 Å². The Morgan fingerprint density at radius 2 is 2.00 bits per heavy atom. The quantitative estimate of drug-likeness (QED) is 0.784. The first-order valence-electron chi connectivity index (χ1n) is 6.49. The van der Waals surface area contributed by atoms with Crippen molar-refractivity contribution in [2.75, 3.05) is 12.4 Å². The Hall–Kier alpha value is -0.590. The molecular weight excluding hydrogens is 288 g/mol. The molecule has 0 N–H and O–H groups in total. The van der Waals surface area contributed by atoms with Crippen molar-refractivity contribution in [1.29, 1.82) is 0 Å². The van der Waals surface area contributed by atoms with Gasteiger partial charge in [0.25, 0.3) is 0 Å². The third kappa shape index (κ3) is 2.80. The third-order valence-electron chi connectivity index (χ3n) is 3.57. The van der Waals surface area contributed by atoms with Gasteiger partial charge in [-0.3, -0.25) is 0 Å². The molecule has 1 aromatic heterocycles. The van der Waals surface area contributed by atoms with E-state index in [0.29, 0.717) is 23.9 Å². The van der Waals surface area contributed by atoms with Gasteiger partial charge in [0.2, 0.25) is 10.0 Å². The Bertz CT molecular complexity index is 516. The highest BCUT2D eigenvalue weighted by Gasteiger charge is 2.36. The molecule has 2 rings (SSSR count). The van der Waals surface area contributed by atoms with Crippen LogP contribution < -0.4 is 0 Å². The van der Waals surface area contributed by atoms with Gasteiger partial charge in [-0.1, -0.05) is 18.0 Å². The molecule has 0 bridgehead atoms. The molecule has 108 valence electrons. The molecule has 1 aromatic rings. The average molecular weight is 307 g/mol. The van der Waals surface area contributed by atoms with Crippen LogP contribution in [0.15, 0.2) is 9.42 Å². The molecule has 1 saturated carbocycles. The lowest BCUT2D eigenvalue weighted by atomic mass is 10.2. The molecule has 7 heteroatoms. The number of sulfonamides is 1. The summed E-state index contributed by atoms with van der Waals surface area (Å²) in [6.45, 7) is 3.61. The van der Waals surface area contributed by atoms with Gasteiger partial charge in [0, 0.05) is 18.5 Å². The molecule has 0 radical (unpaired) electrons. The van der Waals surface area contributed by atoms with E-state index in [9.17, 15) is 8.42 Å². The molecule has 0 saturated heterocycles. The average Bonchev–Trinajstić information content (AvgIpc) is 2.96. The van der Waals surface area contributed by atoms with E-state index in [0.717, 1.165) is 25.7 Å². The van der Waals surface area contributed by atoms with E-state index < -0.39 is 10.0 Å². The first-order valence-corrected chi connectivity index (χ1v) is 8.46. The maximum Gasteiger partial charge on any atom is 0.248 e. The van der Waals surface area contributed by atoms with E-state index in [1.807, 2.05) is 0 Å². The normalized spacial score (nSPS) is 17.5. The van der Waals surface area contributed by atoms with Gasteiger partial charge in [-0.05, 0) is 26.7 Å². The molecule has 1 fully saturated rings.